The van der Waals surface area contributed by atoms with Gasteiger partial charge in [-0.2, -0.15) is 13.2 Å². The standard InChI is InChI=1S/C21H20F3N3O3S/c1-29-16-8-6-14(7-9-16)19-26-15(12-30-19)10-11-25-20(28)27-17-4-2-3-5-18(17)31-13-21(22,23)24/h2-9,12H,10-11,13H2,1H3,(H2,25,27,28). The lowest BCUT2D eigenvalue weighted by molar-refractivity contribution is -0.105. The molecule has 0 aliphatic carbocycles. The molecule has 2 amide bonds. The summed E-state index contributed by atoms with van der Waals surface area (Å²) in [6.07, 6.45) is -2.35. The van der Waals surface area contributed by atoms with Crippen LogP contribution in [0.15, 0.2) is 64.1 Å². The van der Waals surface area contributed by atoms with Gasteiger partial charge in [-0.05, 0) is 36.4 Å². The Balaban J connectivity index is 1.49. The average molecular weight is 451 g/mol. The number of carbonyl (C=O) groups is 1. The number of nitrogens with one attached hydrogen (secondary N) is 2. The van der Waals surface area contributed by atoms with Crippen LogP contribution in [0.3, 0.4) is 0 Å². The number of para-hydroxylation sites is 1. The van der Waals surface area contributed by atoms with Gasteiger partial charge in [0.2, 0.25) is 5.89 Å². The van der Waals surface area contributed by atoms with Crippen LogP contribution in [-0.2, 0) is 6.42 Å². The highest BCUT2D eigenvalue weighted by Gasteiger charge is 2.27. The number of urea groups is 1. The summed E-state index contributed by atoms with van der Waals surface area (Å²) in [7, 11) is 1.58. The molecule has 0 aliphatic heterocycles. The number of ether oxygens (including phenoxy) is 1. The summed E-state index contributed by atoms with van der Waals surface area (Å²) >= 11 is 0.622. The lowest BCUT2D eigenvalue weighted by Gasteiger charge is -2.12. The van der Waals surface area contributed by atoms with E-state index in [0.717, 1.165) is 11.3 Å². The highest BCUT2D eigenvalue weighted by atomic mass is 32.2. The third kappa shape index (κ3) is 6.95. The van der Waals surface area contributed by atoms with Crippen LogP contribution in [0.2, 0.25) is 0 Å². The maximum Gasteiger partial charge on any atom is 0.398 e. The number of hydrogen-bond donors (Lipinski definition) is 2. The van der Waals surface area contributed by atoms with E-state index >= 15 is 0 Å². The summed E-state index contributed by atoms with van der Waals surface area (Å²) in [4.78, 5) is 16.9. The van der Waals surface area contributed by atoms with Crippen molar-refractivity contribution in [3.63, 3.8) is 0 Å². The number of aromatic nitrogens is 1. The Kier molecular flexibility index (Phi) is 7.45. The normalized spacial score (nSPS) is 11.2. The molecule has 0 atom stereocenters. The van der Waals surface area contributed by atoms with Crippen molar-refractivity contribution in [2.75, 3.05) is 24.7 Å². The number of thioether (sulfide) groups is 1. The van der Waals surface area contributed by atoms with Gasteiger partial charge in [-0.3, -0.25) is 0 Å². The number of carbonyl (C=O) groups excluding carboxylic acids is 1. The van der Waals surface area contributed by atoms with E-state index in [-0.39, 0.29) is 6.54 Å². The van der Waals surface area contributed by atoms with Crippen molar-refractivity contribution >= 4 is 23.5 Å². The molecule has 3 aromatic rings. The molecule has 10 heteroatoms. The first-order valence-electron chi connectivity index (χ1n) is 9.26. The van der Waals surface area contributed by atoms with Gasteiger partial charge in [-0.1, -0.05) is 12.1 Å². The zero-order chi connectivity index (χ0) is 22.3. The maximum atomic E-state index is 12.5. The first kappa shape index (κ1) is 22.5. The summed E-state index contributed by atoms with van der Waals surface area (Å²) in [5.74, 6) is 0.151. The van der Waals surface area contributed by atoms with E-state index in [1.807, 2.05) is 12.1 Å². The first-order chi connectivity index (χ1) is 14.8. The van der Waals surface area contributed by atoms with Crippen LogP contribution in [0.4, 0.5) is 23.7 Å². The van der Waals surface area contributed by atoms with E-state index in [1.165, 1.54) is 12.3 Å². The lowest BCUT2D eigenvalue weighted by Crippen LogP contribution is -2.30. The fourth-order valence-corrected chi connectivity index (χ4v) is 3.38. The van der Waals surface area contributed by atoms with Gasteiger partial charge < -0.3 is 19.8 Å². The molecular formula is C21H20F3N3O3S. The van der Waals surface area contributed by atoms with Gasteiger partial charge in [0.05, 0.1) is 24.2 Å². The third-order valence-corrected chi connectivity index (χ3v) is 5.22. The molecule has 0 saturated carbocycles. The zero-order valence-electron chi connectivity index (χ0n) is 16.5. The van der Waals surface area contributed by atoms with E-state index in [9.17, 15) is 18.0 Å². The van der Waals surface area contributed by atoms with Crippen molar-refractivity contribution in [1.82, 2.24) is 10.3 Å². The van der Waals surface area contributed by atoms with Crippen molar-refractivity contribution < 1.29 is 27.1 Å². The first-order valence-corrected chi connectivity index (χ1v) is 10.2. The maximum absolute atomic E-state index is 12.5. The minimum absolute atomic E-state index is 0.276. The number of rotatable bonds is 8. The van der Waals surface area contributed by atoms with Gasteiger partial charge in [0.15, 0.2) is 0 Å². The number of anilines is 1. The van der Waals surface area contributed by atoms with Crippen molar-refractivity contribution in [3.8, 4) is 17.2 Å². The molecule has 6 nitrogen and oxygen atoms in total. The highest BCUT2D eigenvalue weighted by molar-refractivity contribution is 7.99. The van der Waals surface area contributed by atoms with Gasteiger partial charge >= 0.3 is 12.2 Å². The topological polar surface area (TPSA) is 76.4 Å². The van der Waals surface area contributed by atoms with E-state index in [0.29, 0.717) is 40.4 Å². The largest absolute Gasteiger partial charge is 0.497 e. The van der Waals surface area contributed by atoms with Gasteiger partial charge in [-0.25, -0.2) is 9.78 Å². The number of amides is 2. The SMILES string of the molecule is COc1ccc(-c2nc(CCNC(=O)Nc3ccccc3SCC(F)(F)F)co2)cc1. The molecule has 164 valence electrons. The molecule has 0 bridgehead atoms. The summed E-state index contributed by atoms with van der Waals surface area (Å²) in [6, 6.07) is 13.1. The summed E-state index contributed by atoms with van der Waals surface area (Å²) in [5, 5.41) is 5.24. The second kappa shape index (κ2) is 10.3. The second-order valence-electron chi connectivity index (χ2n) is 6.40. The molecule has 3 rings (SSSR count). The van der Waals surface area contributed by atoms with Gasteiger partial charge in [0.1, 0.15) is 12.0 Å². The average Bonchev–Trinajstić information content (AvgIpc) is 3.21. The zero-order valence-corrected chi connectivity index (χ0v) is 17.3. The molecule has 0 saturated heterocycles. The summed E-state index contributed by atoms with van der Waals surface area (Å²) in [6.45, 7) is 0.276. The number of halogens is 3. The van der Waals surface area contributed by atoms with Crippen molar-refractivity contribution in [1.29, 1.82) is 0 Å². The number of alkyl halides is 3. The summed E-state index contributed by atoms with van der Waals surface area (Å²) < 4.78 is 48.0. The van der Waals surface area contributed by atoms with Gasteiger partial charge in [-0.15, -0.1) is 11.8 Å². The second-order valence-corrected chi connectivity index (χ2v) is 7.42. The molecule has 2 N–H and O–H groups in total. The van der Waals surface area contributed by atoms with Crippen LogP contribution in [0.5, 0.6) is 5.75 Å². The van der Waals surface area contributed by atoms with Crippen molar-refractivity contribution in [3.05, 3.63) is 60.5 Å². The lowest BCUT2D eigenvalue weighted by atomic mass is 10.2. The Hall–Kier alpha value is -3.14. The predicted molar refractivity (Wildman–Crippen MR) is 112 cm³/mol. The Bertz CT molecular complexity index is 1010. The molecule has 0 radical (unpaired) electrons. The number of methoxy groups -OCH3 is 1. The molecule has 0 unspecified atom stereocenters. The third-order valence-electron chi connectivity index (χ3n) is 4.08. The van der Waals surface area contributed by atoms with Crippen molar-refractivity contribution in [2.24, 2.45) is 0 Å². The monoisotopic (exact) mass is 451 g/mol. The van der Waals surface area contributed by atoms with Crippen LogP contribution in [-0.4, -0.2) is 36.6 Å². The molecule has 2 aromatic carbocycles. The quantitative estimate of drug-likeness (QED) is 0.451. The van der Waals surface area contributed by atoms with Crippen LogP contribution in [0, 0.1) is 0 Å². The van der Waals surface area contributed by atoms with Crippen LogP contribution in [0.1, 0.15) is 5.69 Å². The highest BCUT2D eigenvalue weighted by Crippen LogP contribution is 2.32. The Labute approximate surface area is 181 Å². The molecule has 31 heavy (non-hydrogen) atoms. The van der Waals surface area contributed by atoms with E-state index in [1.54, 1.807) is 37.4 Å². The van der Waals surface area contributed by atoms with Crippen LogP contribution in [0.25, 0.3) is 11.5 Å². The van der Waals surface area contributed by atoms with Crippen molar-refractivity contribution in [2.45, 2.75) is 17.5 Å². The van der Waals surface area contributed by atoms with Crippen LogP contribution < -0.4 is 15.4 Å². The predicted octanol–water partition coefficient (Wildman–Crippen LogP) is 5.37. The van der Waals surface area contributed by atoms with Gasteiger partial charge in [0, 0.05) is 23.4 Å². The number of nitrogens with zero attached hydrogens (tertiary/aromatic N) is 1. The van der Waals surface area contributed by atoms with E-state index < -0.39 is 18.0 Å². The Morgan fingerprint density at radius 1 is 1.16 bits per heavy atom. The van der Waals surface area contributed by atoms with E-state index in [4.69, 9.17) is 9.15 Å². The fourth-order valence-electron chi connectivity index (χ4n) is 2.61. The number of oxazole rings is 1. The minimum Gasteiger partial charge on any atom is -0.497 e. The molecule has 1 aromatic heterocycles. The minimum atomic E-state index is -4.29. The Morgan fingerprint density at radius 2 is 1.90 bits per heavy atom. The molecule has 0 spiro atoms. The van der Waals surface area contributed by atoms with Crippen LogP contribution >= 0.6 is 11.8 Å². The van der Waals surface area contributed by atoms with Gasteiger partial charge in [0.25, 0.3) is 0 Å². The molecule has 0 fully saturated rings. The molecular weight excluding hydrogens is 431 g/mol. The summed E-state index contributed by atoms with van der Waals surface area (Å²) in [5.41, 5.74) is 1.77. The smallest absolute Gasteiger partial charge is 0.398 e. The van der Waals surface area contributed by atoms with E-state index in [2.05, 4.69) is 15.6 Å². The molecule has 1 heterocycles. The number of benzene rings is 2. The molecule has 0 aliphatic rings. The number of hydrogen-bond acceptors (Lipinski definition) is 5. The fraction of sp³-hybridized carbons (Fsp3) is 0.238. The Morgan fingerprint density at radius 3 is 2.61 bits per heavy atom.